The van der Waals surface area contributed by atoms with E-state index in [1.807, 2.05) is 36.1 Å². The first kappa shape index (κ1) is 21.2. The third-order valence-corrected chi connectivity index (χ3v) is 4.17. The minimum Gasteiger partial charge on any atom is -0.352 e. The Morgan fingerprint density at radius 2 is 1.72 bits per heavy atom. The van der Waals surface area contributed by atoms with E-state index in [9.17, 15) is 4.79 Å². The predicted molar refractivity (Wildman–Crippen MR) is 103 cm³/mol. The van der Waals surface area contributed by atoms with E-state index in [-0.39, 0.29) is 30.7 Å². The van der Waals surface area contributed by atoms with E-state index in [2.05, 4.69) is 14.9 Å². The Kier molecular flexibility index (Phi) is 8.09. The Hall–Kier alpha value is -1.89. The van der Waals surface area contributed by atoms with Crippen molar-refractivity contribution in [3.05, 3.63) is 54.0 Å². The summed E-state index contributed by atoms with van der Waals surface area (Å²) in [5.74, 6) is 0.829. The van der Waals surface area contributed by atoms with Crippen LogP contribution in [0, 0.1) is 6.92 Å². The van der Waals surface area contributed by atoms with Gasteiger partial charge in [0, 0.05) is 38.6 Å². The standard InChI is InChI=1S/C17H21N5O.2ClH/c1-13-2-4-14(5-3-13)16(18)17(23)22-10-8-21(9-11-22)15-12-19-6-7-20-15;;/h2-7,12,16H,8-11,18H2,1H3;2*1H. The van der Waals surface area contributed by atoms with Crippen LogP contribution in [0.1, 0.15) is 17.2 Å². The monoisotopic (exact) mass is 383 g/mol. The van der Waals surface area contributed by atoms with Crippen molar-refractivity contribution >= 4 is 36.5 Å². The smallest absolute Gasteiger partial charge is 0.244 e. The van der Waals surface area contributed by atoms with Crippen LogP contribution < -0.4 is 10.6 Å². The Bertz CT molecular complexity index is 660. The lowest BCUT2D eigenvalue weighted by Crippen LogP contribution is -2.51. The second-order valence-corrected chi connectivity index (χ2v) is 5.76. The van der Waals surface area contributed by atoms with Crippen LogP contribution in [-0.4, -0.2) is 47.0 Å². The van der Waals surface area contributed by atoms with Gasteiger partial charge in [0.25, 0.3) is 0 Å². The van der Waals surface area contributed by atoms with E-state index in [1.54, 1.807) is 18.6 Å². The molecule has 1 atom stereocenters. The van der Waals surface area contributed by atoms with Gasteiger partial charge >= 0.3 is 0 Å². The molecule has 2 N–H and O–H groups in total. The number of benzene rings is 1. The second-order valence-electron chi connectivity index (χ2n) is 5.76. The third-order valence-electron chi connectivity index (χ3n) is 4.17. The number of aromatic nitrogens is 2. The number of hydrogen-bond acceptors (Lipinski definition) is 5. The molecule has 2 heterocycles. The zero-order chi connectivity index (χ0) is 16.2. The Morgan fingerprint density at radius 1 is 1.08 bits per heavy atom. The molecular weight excluding hydrogens is 361 g/mol. The number of nitrogens with two attached hydrogens (primary N) is 1. The summed E-state index contributed by atoms with van der Waals surface area (Å²) >= 11 is 0. The molecule has 8 heteroatoms. The summed E-state index contributed by atoms with van der Waals surface area (Å²) < 4.78 is 0. The van der Waals surface area contributed by atoms with E-state index in [4.69, 9.17) is 5.73 Å². The fourth-order valence-electron chi connectivity index (χ4n) is 2.72. The molecule has 1 amide bonds. The van der Waals surface area contributed by atoms with Crippen LogP contribution >= 0.6 is 24.8 Å². The minimum atomic E-state index is -0.598. The number of halogens is 2. The fraction of sp³-hybridized carbons (Fsp3) is 0.353. The van der Waals surface area contributed by atoms with Crippen LogP contribution in [0.4, 0.5) is 5.82 Å². The maximum absolute atomic E-state index is 12.6. The molecule has 1 aliphatic heterocycles. The molecule has 136 valence electrons. The van der Waals surface area contributed by atoms with Crippen LogP contribution in [0.3, 0.4) is 0 Å². The number of aryl methyl sites for hydroxylation is 1. The van der Waals surface area contributed by atoms with E-state index < -0.39 is 6.04 Å². The zero-order valence-corrected chi connectivity index (χ0v) is 15.7. The molecule has 6 nitrogen and oxygen atoms in total. The van der Waals surface area contributed by atoms with Crippen LogP contribution in [0.15, 0.2) is 42.9 Å². The quantitative estimate of drug-likeness (QED) is 0.876. The van der Waals surface area contributed by atoms with E-state index in [0.717, 1.165) is 30.0 Å². The van der Waals surface area contributed by atoms with Crippen molar-refractivity contribution in [3.8, 4) is 0 Å². The summed E-state index contributed by atoms with van der Waals surface area (Å²) in [6, 6.07) is 7.21. The largest absolute Gasteiger partial charge is 0.352 e. The number of piperazine rings is 1. The highest BCUT2D eigenvalue weighted by Crippen LogP contribution is 2.17. The zero-order valence-electron chi connectivity index (χ0n) is 14.0. The summed E-state index contributed by atoms with van der Waals surface area (Å²) in [7, 11) is 0. The first-order chi connectivity index (χ1) is 11.1. The highest BCUT2D eigenvalue weighted by Gasteiger charge is 2.26. The normalized spacial score (nSPS) is 15.0. The number of hydrogen-bond donors (Lipinski definition) is 1. The van der Waals surface area contributed by atoms with Crippen molar-refractivity contribution in [2.24, 2.45) is 5.73 Å². The van der Waals surface area contributed by atoms with Gasteiger partial charge in [-0.05, 0) is 12.5 Å². The molecule has 0 saturated carbocycles. The first-order valence-corrected chi connectivity index (χ1v) is 7.77. The predicted octanol–water partition coefficient (Wildman–Crippen LogP) is 1.98. The summed E-state index contributed by atoms with van der Waals surface area (Å²) in [5, 5.41) is 0. The van der Waals surface area contributed by atoms with Crippen LogP contribution in [0.25, 0.3) is 0 Å². The van der Waals surface area contributed by atoms with Gasteiger partial charge < -0.3 is 15.5 Å². The van der Waals surface area contributed by atoms with Crippen molar-refractivity contribution in [1.29, 1.82) is 0 Å². The molecule has 1 aromatic heterocycles. The van der Waals surface area contributed by atoms with Crippen molar-refractivity contribution < 1.29 is 4.79 Å². The number of rotatable bonds is 3. The van der Waals surface area contributed by atoms with Crippen molar-refractivity contribution in [3.63, 3.8) is 0 Å². The molecule has 1 fully saturated rings. The SMILES string of the molecule is Cc1ccc(C(N)C(=O)N2CCN(c3cnccn3)CC2)cc1.Cl.Cl. The second kappa shape index (κ2) is 9.56. The molecule has 1 aliphatic rings. The van der Waals surface area contributed by atoms with E-state index in [0.29, 0.717) is 13.1 Å². The molecular formula is C17H23Cl2N5O. The van der Waals surface area contributed by atoms with E-state index in [1.165, 1.54) is 0 Å². The molecule has 3 rings (SSSR count). The van der Waals surface area contributed by atoms with Gasteiger partial charge in [-0.3, -0.25) is 9.78 Å². The van der Waals surface area contributed by atoms with Gasteiger partial charge in [-0.2, -0.15) is 0 Å². The average molecular weight is 384 g/mol. The Morgan fingerprint density at radius 3 is 2.28 bits per heavy atom. The van der Waals surface area contributed by atoms with E-state index >= 15 is 0 Å². The van der Waals surface area contributed by atoms with Crippen LogP contribution in [-0.2, 0) is 4.79 Å². The average Bonchev–Trinajstić information content (AvgIpc) is 2.62. The van der Waals surface area contributed by atoms with Gasteiger partial charge in [0.15, 0.2) is 0 Å². The number of amides is 1. The van der Waals surface area contributed by atoms with Crippen LogP contribution in [0.5, 0.6) is 0 Å². The minimum absolute atomic E-state index is 0. The van der Waals surface area contributed by atoms with Gasteiger partial charge in [-0.25, -0.2) is 4.98 Å². The van der Waals surface area contributed by atoms with Crippen LogP contribution in [0.2, 0.25) is 0 Å². The number of carbonyl (C=O) groups is 1. The van der Waals surface area contributed by atoms with Gasteiger partial charge in [0.1, 0.15) is 11.9 Å². The van der Waals surface area contributed by atoms with Gasteiger partial charge in [-0.1, -0.05) is 29.8 Å². The molecule has 0 radical (unpaired) electrons. The van der Waals surface area contributed by atoms with Gasteiger partial charge in [0.05, 0.1) is 6.20 Å². The highest BCUT2D eigenvalue weighted by molar-refractivity contribution is 5.85. The highest BCUT2D eigenvalue weighted by atomic mass is 35.5. The topological polar surface area (TPSA) is 75.4 Å². The Balaban J connectivity index is 0.00000156. The number of carbonyl (C=O) groups excluding carboxylic acids is 1. The summed E-state index contributed by atoms with van der Waals surface area (Å²) in [5.41, 5.74) is 8.15. The number of anilines is 1. The summed E-state index contributed by atoms with van der Waals surface area (Å²) in [6.07, 6.45) is 5.08. The lowest BCUT2D eigenvalue weighted by molar-refractivity contribution is -0.133. The molecule has 2 aromatic rings. The van der Waals surface area contributed by atoms with Crippen molar-refractivity contribution in [2.75, 3.05) is 31.1 Å². The molecule has 0 spiro atoms. The third kappa shape index (κ3) is 5.04. The summed E-state index contributed by atoms with van der Waals surface area (Å²) in [4.78, 5) is 24.9. The summed E-state index contributed by atoms with van der Waals surface area (Å²) in [6.45, 7) is 4.79. The Labute approximate surface area is 160 Å². The van der Waals surface area contributed by atoms with Gasteiger partial charge in [-0.15, -0.1) is 24.8 Å². The molecule has 0 bridgehead atoms. The van der Waals surface area contributed by atoms with Gasteiger partial charge in [0.2, 0.25) is 5.91 Å². The maximum Gasteiger partial charge on any atom is 0.244 e. The van der Waals surface area contributed by atoms with Crippen molar-refractivity contribution in [1.82, 2.24) is 14.9 Å². The fourth-order valence-corrected chi connectivity index (χ4v) is 2.72. The first-order valence-electron chi connectivity index (χ1n) is 7.77. The lowest BCUT2D eigenvalue weighted by Gasteiger charge is -2.36. The van der Waals surface area contributed by atoms with Crippen molar-refractivity contribution in [2.45, 2.75) is 13.0 Å². The molecule has 0 aliphatic carbocycles. The molecule has 1 saturated heterocycles. The number of nitrogens with zero attached hydrogens (tertiary/aromatic N) is 4. The molecule has 1 unspecified atom stereocenters. The molecule has 1 aromatic carbocycles. The maximum atomic E-state index is 12.6. The lowest BCUT2D eigenvalue weighted by atomic mass is 10.0. The molecule has 25 heavy (non-hydrogen) atoms.